The van der Waals surface area contributed by atoms with Crippen LogP contribution in [0.15, 0.2) is 35.2 Å². The largest absolute Gasteiger partial charge is 0.376 e. The summed E-state index contributed by atoms with van der Waals surface area (Å²) >= 11 is 12.8. The van der Waals surface area contributed by atoms with Crippen LogP contribution in [0.3, 0.4) is 0 Å². The van der Waals surface area contributed by atoms with Crippen LogP contribution in [0.5, 0.6) is 0 Å². The van der Waals surface area contributed by atoms with E-state index < -0.39 is 0 Å². The molecule has 1 atom stereocenters. The van der Waals surface area contributed by atoms with Gasteiger partial charge in [0.15, 0.2) is 0 Å². The first-order valence-electron chi connectivity index (χ1n) is 9.26. The molecule has 2 fully saturated rings. The Bertz CT molecular complexity index is 960. The molecule has 0 saturated carbocycles. The number of thioether (sulfide) groups is 1. The van der Waals surface area contributed by atoms with Crippen LogP contribution in [0, 0.1) is 13.8 Å². The van der Waals surface area contributed by atoms with Gasteiger partial charge in [0.1, 0.15) is 4.32 Å². The number of aromatic nitrogens is 1. The molecular weight excluding hydrogens is 412 g/mol. The van der Waals surface area contributed by atoms with Crippen LogP contribution in [-0.4, -0.2) is 39.0 Å². The first-order chi connectivity index (χ1) is 13.4. The van der Waals surface area contributed by atoms with Gasteiger partial charge in [0.05, 0.1) is 17.6 Å². The lowest BCUT2D eigenvalue weighted by molar-refractivity contribution is -0.123. The molecule has 2 aliphatic heterocycles. The highest BCUT2D eigenvalue weighted by Crippen LogP contribution is 2.35. The van der Waals surface area contributed by atoms with E-state index >= 15 is 0 Å². The van der Waals surface area contributed by atoms with Gasteiger partial charge < -0.3 is 9.30 Å². The minimum absolute atomic E-state index is 0.0261. The third-order valence-corrected chi connectivity index (χ3v) is 6.76. The summed E-state index contributed by atoms with van der Waals surface area (Å²) in [7, 11) is 0. The third-order valence-electron chi connectivity index (χ3n) is 5.13. The average molecular weight is 433 g/mol. The van der Waals surface area contributed by atoms with Gasteiger partial charge >= 0.3 is 0 Å². The minimum atomic E-state index is -0.0261. The Morgan fingerprint density at radius 3 is 2.75 bits per heavy atom. The van der Waals surface area contributed by atoms with Gasteiger partial charge in [0.25, 0.3) is 5.91 Å². The Kier molecular flexibility index (Phi) is 5.65. The molecule has 1 aromatic heterocycles. The second-order valence-electron chi connectivity index (χ2n) is 7.07. The number of hydrogen-bond donors (Lipinski definition) is 0. The van der Waals surface area contributed by atoms with Gasteiger partial charge in [-0.15, -0.1) is 0 Å². The lowest BCUT2D eigenvalue weighted by Gasteiger charge is -2.18. The van der Waals surface area contributed by atoms with Crippen molar-refractivity contribution in [2.75, 3.05) is 13.2 Å². The minimum Gasteiger partial charge on any atom is -0.376 e. The van der Waals surface area contributed by atoms with E-state index in [0.717, 1.165) is 42.1 Å². The summed E-state index contributed by atoms with van der Waals surface area (Å²) in [6, 6.07) is 9.84. The van der Waals surface area contributed by atoms with Crippen molar-refractivity contribution < 1.29 is 9.53 Å². The normalized spacial score (nSPS) is 21.3. The molecule has 4 nitrogen and oxygen atoms in total. The Balaban J connectivity index is 1.60. The van der Waals surface area contributed by atoms with Gasteiger partial charge in [-0.2, -0.15) is 0 Å². The van der Waals surface area contributed by atoms with Crippen molar-refractivity contribution in [3.63, 3.8) is 0 Å². The Hall–Kier alpha value is -1.60. The molecule has 4 rings (SSSR count). The summed E-state index contributed by atoms with van der Waals surface area (Å²) < 4.78 is 8.44. The third kappa shape index (κ3) is 3.79. The van der Waals surface area contributed by atoms with Crippen LogP contribution in [0.25, 0.3) is 11.8 Å². The molecule has 0 N–H and O–H groups in total. The maximum absolute atomic E-state index is 12.9. The summed E-state index contributed by atoms with van der Waals surface area (Å²) in [6.07, 6.45) is 4.07. The number of carbonyl (C=O) groups excluding carboxylic acids is 1. The zero-order valence-electron chi connectivity index (χ0n) is 15.8. The molecule has 1 amide bonds. The van der Waals surface area contributed by atoms with E-state index in [-0.39, 0.29) is 12.0 Å². The lowest BCUT2D eigenvalue weighted by atomic mass is 10.2. The molecule has 0 unspecified atom stereocenters. The number of aryl methyl sites for hydroxylation is 1. The fourth-order valence-electron chi connectivity index (χ4n) is 3.71. The number of benzene rings is 1. The summed E-state index contributed by atoms with van der Waals surface area (Å²) in [5.74, 6) is -0.0261. The zero-order chi connectivity index (χ0) is 19.8. The van der Waals surface area contributed by atoms with Gasteiger partial charge in [0, 0.05) is 28.7 Å². The SMILES string of the molecule is Cc1cc(/C=C2\SC(=S)N(C[C@H]3CCCO3)C2=O)c(C)n1-c1ccc(Cl)cc1. The van der Waals surface area contributed by atoms with E-state index in [1.54, 1.807) is 4.90 Å². The number of thiocarbonyl (C=S) groups is 1. The topological polar surface area (TPSA) is 34.5 Å². The fraction of sp³-hybridized carbons (Fsp3) is 0.333. The van der Waals surface area contributed by atoms with Crippen molar-refractivity contribution >= 4 is 51.9 Å². The quantitative estimate of drug-likeness (QED) is 0.495. The van der Waals surface area contributed by atoms with E-state index in [1.807, 2.05) is 30.3 Å². The Labute approximate surface area is 179 Å². The molecule has 0 radical (unpaired) electrons. The summed E-state index contributed by atoms with van der Waals surface area (Å²) in [6.45, 7) is 5.43. The maximum Gasteiger partial charge on any atom is 0.266 e. The summed E-state index contributed by atoms with van der Waals surface area (Å²) in [4.78, 5) is 15.2. The van der Waals surface area contributed by atoms with Gasteiger partial charge in [0.2, 0.25) is 0 Å². The number of nitrogens with zero attached hydrogens (tertiary/aromatic N) is 2. The fourth-order valence-corrected chi connectivity index (χ4v) is 5.10. The van der Waals surface area contributed by atoms with E-state index in [9.17, 15) is 4.79 Å². The summed E-state index contributed by atoms with van der Waals surface area (Å²) in [5, 5.41) is 0.710. The monoisotopic (exact) mass is 432 g/mol. The maximum atomic E-state index is 12.9. The van der Waals surface area contributed by atoms with Crippen molar-refractivity contribution in [2.45, 2.75) is 32.8 Å². The van der Waals surface area contributed by atoms with Gasteiger partial charge in [-0.1, -0.05) is 35.6 Å². The molecule has 146 valence electrons. The first-order valence-corrected chi connectivity index (χ1v) is 10.9. The van der Waals surface area contributed by atoms with Crippen molar-refractivity contribution in [1.82, 2.24) is 9.47 Å². The molecule has 0 spiro atoms. The number of rotatable bonds is 4. The molecule has 2 saturated heterocycles. The molecule has 3 heterocycles. The predicted molar refractivity (Wildman–Crippen MR) is 119 cm³/mol. The van der Waals surface area contributed by atoms with Gasteiger partial charge in [-0.05, 0) is 68.7 Å². The lowest BCUT2D eigenvalue weighted by Crippen LogP contribution is -2.35. The molecule has 0 aliphatic carbocycles. The predicted octanol–water partition coefficient (Wildman–Crippen LogP) is 5.13. The first kappa shape index (κ1) is 19.7. The van der Waals surface area contributed by atoms with Crippen LogP contribution >= 0.6 is 35.6 Å². The van der Waals surface area contributed by atoms with Gasteiger partial charge in [-0.25, -0.2) is 0 Å². The second-order valence-corrected chi connectivity index (χ2v) is 9.18. The number of carbonyl (C=O) groups is 1. The van der Waals surface area contributed by atoms with Crippen molar-refractivity contribution in [2.24, 2.45) is 0 Å². The highest BCUT2D eigenvalue weighted by atomic mass is 35.5. The van der Waals surface area contributed by atoms with E-state index in [2.05, 4.69) is 24.5 Å². The Morgan fingerprint density at radius 2 is 2.07 bits per heavy atom. The number of ether oxygens (including phenoxy) is 1. The van der Waals surface area contributed by atoms with Crippen LogP contribution in [0.1, 0.15) is 29.8 Å². The van der Waals surface area contributed by atoms with E-state index in [0.29, 0.717) is 20.8 Å². The standard InChI is InChI=1S/C21H21ClN2O2S2/c1-13-10-15(14(2)24(13)17-7-5-16(22)6-8-17)11-19-20(25)23(21(27)28-19)12-18-4-3-9-26-18/h5-8,10-11,18H,3-4,9,12H2,1-2H3/b19-11-/t18-/m1/s1. The van der Waals surface area contributed by atoms with Crippen molar-refractivity contribution in [1.29, 1.82) is 0 Å². The van der Waals surface area contributed by atoms with Crippen LogP contribution in [0.4, 0.5) is 0 Å². The van der Waals surface area contributed by atoms with E-state index in [4.69, 9.17) is 28.6 Å². The van der Waals surface area contributed by atoms with Crippen molar-refractivity contribution in [3.05, 3.63) is 57.2 Å². The molecule has 28 heavy (non-hydrogen) atoms. The highest BCUT2D eigenvalue weighted by Gasteiger charge is 2.34. The van der Waals surface area contributed by atoms with Crippen molar-refractivity contribution in [3.8, 4) is 5.69 Å². The van der Waals surface area contributed by atoms with Crippen LogP contribution in [-0.2, 0) is 9.53 Å². The highest BCUT2D eigenvalue weighted by molar-refractivity contribution is 8.26. The molecule has 1 aromatic carbocycles. The number of amides is 1. The molecule has 2 aromatic rings. The average Bonchev–Trinajstić information content (AvgIpc) is 3.34. The number of halogens is 1. The van der Waals surface area contributed by atoms with E-state index in [1.165, 1.54) is 11.8 Å². The van der Waals surface area contributed by atoms with Crippen LogP contribution < -0.4 is 0 Å². The smallest absolute Gasteiger partial charge is 0.266 e. The molecule has 2 aliphatic rings. The zero-order valence-corrected chi connectivity index (χ0v) is 18.2. The molecule has 7 heteroatoms. The number of hydrogen-bond acceptors (Lipinski definition) is 4. The van der Waals surface area contributed by atoms with Gasteiger partial charge in [-0.3, -0.25) is 9.69 Å². The Morgan fingerprint density at radius 1 is 1.32 bits per heavy atom. The second kappa shape index (κ2) is 8.03. The molecular formula is C21H21ClN2O2S2. The molecule has 0 bridgehead atoms. The summed E-state index contributed by atoms with van der Waals surface area (Å²) in [5.41, 5.74) is 4.24. The van der Waals surface area contributed by atoms with Crippen LogP contribution in [0.2, 0.25) is 5.02 Å².